The van der Waals surface area contributed by atoms with Gasteiger partial charge in [0.1, 0.15) is 12.0 Å². The fourth-order valence-electron chi connectivity index (χ4n) is 2.69. The second kappa shape index (κ2) is 6.81. The smallest absolute Gasteiger partial charge is 0.334 e. The summed E-state index contributed by atoms with van der Waals surface area (Å²) < 4.78 is 5.29. The van der Waals surface area contributed by atoms with Gasteiger partial charge in [-0.25, -0.2) is 4.79 Å². The molecule has 0 amide bonds. The first-order valence-electron chi connectivity index (χ1n) is 7.54. The third-order valence-corrected chi connectivity index (χ3v) is 4.93. The summed E-state index contributed by atoms with van der Waals surface area (Å²) in [6.07, 6.45) is 2.01. The molecule has 3 rings (SSSR count). The molecular formula is C19H15NO3S. The summed E-state index contributed by atoms with van der Waals surface area (Å²) in [5.74, 6) is -0.683. The minimum atomic E-state index is -1.19. The number of benzene rings is 1. The van der Waals surface area contributed by atoms with Crippen molar-refractivity contribution in [2.75, 3.05) is 0 Å². The molecule has 0 fully saturated rings. The van der Waals surface area contributed by atoms with E-state index in [1.807, 2.05) is 30.3 Å². The van der Waals surface area contributed by atoms with Crippen LogP contribution in [0.4, 0.5) is 0 Å². The van der Waals surface area contributed by atoms with Crippen molar-refractivity contribution in [3.8, 4) is 6.07 Å². The number of Topliss-reactive ketones (excluding diaryl/α,β-unsaturated/α-hetero) is 1. The summed E-state index contributed by atoms with van der Waals surface area (Å²) >= 11 is 1.31. The van der Waals surface area contributed by atoms with Crippen LogP contribution in [-0.4, -0.2) is 11.8 Å². The second-order valence-corrected chi connectivity index (χ2v) is 6.62. The van der Waals surface area contributed by atoms with Crippen molar-refractivity contribution < 1.29 is 14.3 Å². The maximum absolute atomic E-state index is 12.6. The first-order chi connectivity index (χ1) is 11.6. The molecule has 120 valence electrons. The van der Waals surface area contributed by atoms with Gasteiger partial charge >= 0.3 is 5.97 Å². The maximum atomic E-state index is 12.6. The number of thiophene rings is 1. The van der Waals surface area contributed by atoms with Crippen molar-refractivity contribution >= 4 is 23.1 Å². The second-order valence-electron chi connectivity index (χ2n) is 5.67. The van der Waals surface area contributed by atoms with Gasteiger partial charge in [0.05, 0.1) is 10.9 Å². The number of hydrogen-bond acceptors (Lipinski definition) is 5. The van der Waals surface area contributed by atoms with Gasteiger partial charge in [-0.3, -0.25) is 4.79 Å². The Morgan fingerprint density at radius 2 is 2.00 bits per heavy atom. The van der Waals surface area contributed by atoms with Gasteiger partial charge in [-0.05, 0) is 23.4 Å². The number of ether oxygens (including phenoxy) is 1. The van der Waals surface area contributed by atoms with E-state index in [2.05, 4.69) is 6.07 Å². The number of nitriles is 1. The zero-order valence-corrected chi connectivity index (χ0v) is 13.7. The highest BCUT2D eigenvalue weighted by molar-refractivity contribution is 7.12. The Morgan fingerprint density at radius 3 is 2.67 bits per heavy atom. The number of ketones is 1. The molecule has 0 saturated heterocycles. The highest BCUT2D eigenvalue weighted by atomic mass is 32.1. The number of esters is 1. The third kappa shape index (κ3) is 3.15. The van der Waals surface area contributed by atoms with E-state index < -0.39 is 11.4 Å². The van der Waals surface area contributed by atoms with E-state index in [0.717, 1.165) is 5.56 Å². The zero-order valence-electron chi connectivity index (χ0n) is 12.9. The van der Waals surface area contributed by atoms with Crippen LogP contribution in [0.5, 0.6) is 0 Å². The van der Waals surface area contributed by atoms with Crippen molar-refractivity contribution in [3.63, 3.8) is 0 Å². The molecule has 1 aromatic heterocycles. The van der Waals surface area contributed by atoms with E-state index in [9.17, 15) is 14.9 Å². The average molecular weight is 337 g/mol. The van der Waals surface area contributed by atoms with Gasteiger partial charge in [0.2, 0.25) is 0 Å². The molecule has 4 nitrogen and oxygen atoms in total. The van der Waals surface area contributed by atoms with Gasteiger partial charge in [-0.1, -0.05) is 42.5 Å². The molecule has 0 N–H and O–H groups in total. The highest BCUT2D eigenvalue weighted by Gasteiger charge is 2.44. The minimum Gasteiger partial charge on any atom is -0.457 e. The number of carbonyl (C=O) groups is 2. The molecule has 1 aromatic carbocycles. The number of hydrogen-bond donors (Lipinski definition) is 0. The van der Waals surface area contributed by atoms with E-state index >= 15 is 0 Å². The normalized spacial score (nSPS) is 19.4. The summed E-state index contributed by atoms with van der Waals surface area (Å²) in [5, 5.41) is 11.3. The summed E-state index contributed by atoms with van der Waals surface area (Å²) in [5.41, 5.74) is 0.106. The zero-order chi connectivity index (χ0) is 17.0. The van der Waals surface area contributed by atoms with Gasteiger partial charge in [0, 0.05) is 12.0 Å². The van der Waals surface area contributed by atoms with Gasteiger partial charge in [0.15, 0.2) is 5.78 Å². The van der Waals surface area contributed by atoms with Crippen LogP contribution in [-0.2, 0) is 16.1 Å². The minimum absolute atomic E-state index is 0.105. The number of carbonyl (C=O) groups excluding carboxylic acids is 2. The topological polar surface area (TPSA) is 67.2 Å². The standard InChI is InChI=1S/C19H15NO3S/c20-13-19(17(21)16-7-4-10-24-16)9-8-15(11-19)18(22)23-12-14-5-2-1-3-6-14/h1-8,10H,9,11-12H2. The summed E-state index contributed by atoms with van der Waals surface area (Å²) in [7, 11) is 0. The van der Waals surface area contributed by atoms with Crippen LogP contribution in [0.1, 0.15) is 28.1 Å². The van der Waals surface area contributed by atoms with Crippen molar-refractivity contribution in [2.24, 2.45) is 5.41 Å². The molecular weight excluding hydrogens is 322 g/mol. The van der Waals surface area contributed by atoms with Gasteiger partial charge in [0.25, 0.3) is 0 Å². The molecule has 1 heterocycles. The third-order valence-electron chi connectivity index (χ3n) is 4.06. The average Bonchev–Trinajstić information content (AvgIpc) is 3.30. The van der Waals surface area contributed by atoms with E-state index in [4.69, 9.17) is 4.74 Å². The number of rotatable bonds is 5. The van der Waals surface area contributed by atoms with Gasteiger partial charge in [-0.15, -0.1) is 11.3 Å². The number of allylic oxidation sites excluding steroid dienone is 1. The Labute approximate surface area is 144 Å². The molecule has 24 heavy (non-hydrogen) atoms. The maximum Gasteiger partial charge on any atom is 0.334 e. The van der Waals surface area contributed by atoms with Gasteiger partial charge in [-0.2, -0.15) is 5.26 Å². The first kappa shape index (κ1) is 16.2. The summed E-state index contributed by atoms with van der Waals surface area (Å²) in [6.45, 7) is 0.176. The molecule has 0 saturated carbocycles. The van der Waals surface area contributed by atoms with Crippen LogP contribution in [0.15, 0.2) is 59.5 Å². The Bertz CT molecular complexity index is 818. The summed E-state index contributed by atoms with van der Waals surface area (Å²) in [6, 6.07) is 15.0. The van der Waals surface area contributed by atoms with Crippen LogP contribution >= 0.6 is 11.3 Å². The van der Waals surface area contributed by atoms with Crippen molar-refractivity contribution in [1.29, 1.82) is 5.26 Å². The molecule has 0 radical (unpaired) electrons. The molecule has 1 atom stereocenters. The monoisotopic (exact) mass is 337 g/mol. The lowest BCUT2D eigenvalue weighted by Crippen LogP contribution is -2.27. The van der Waals surface area contributed by atoms with E-state index in [1.165, 1.54) is 11.3 Å². The van der Waals surface area contributed by atoms with E-state index in [1.54, 1.807) is 23.6 Å². The fourth-order valence-corrected chi connectivity index (χ4v) is 3.45. The lowest BCUT2D eigenvalue weighted by Gasteiger charge is -2.18. The molecule has 2 aromatic rings. The number of nitrogens with zero attached hydrogens (tertiary/aromatic N) is 1. The fraction of sp³-hybridized carbons (Fsp3) is 0.211. The SMILES string of the molecule is N#CC1(C(=O)c2cccs2)CC=C(C(=O)OCc2ccccc2)C1. The molecule has 5 heteroatoms. The Morgan fingerprint density at radius 1 is 1.21 bits per heavy atom. The quantitative estimate of drug-likeness (QED) is 0.613. The highest BCUT2D eigenvalue weighted by Crippen LogP contribution is 2.41. The van der Waals surface area contributed by atoms with Crippen molar-refractivity contribution in [2.45, 2.75) is 19.4 Å². The lowest BCUT2D eigenvalue weighted by atomic mass is 9.81. The van der Waals surface area contributed by atoms with Crippen LogP contribution in [0.3, 0.4) is 0 Å². The summed E-state index contributed by atoms with van der Waals surface area (Å²) in [4.78, 5) is 25.4. The Balaban J connectivity index is 1.66. The van der Waals surface area contributed by atoms with E-state index in [-0.39, 0.29) is 25.2 Å². The molecule has 0 bridgehead atoms. The Kier molecular flexibility index (Phi) is 4.59. The van der Waals surface area contributed by atoms with Crippen LogP contribution in [0.2, 0.25) is 0 Å². The molecule has 1 aliphatic rings. The van der Waals surface area contributed by atoms with Crippen LogP contribution in [0.25, 0.3) is 0 Å². The van der Waals surface area contributed by atoms with Gasteiger partial charge < -0.3 is 4.74 Å². The molecule has 1 unspecified atom stereocenters. The Hall–Kier alpha value is -2.71. The van der Waals surface area contributed by atoms with Crippen LogP contribution < -0.4 is 0 Å². The largest absolute Gasteiger partial charge is 0.457 e. The molecule has 0 aliphatic heterocycles. The lowest BCUT2D eigenvalue weighted by molar-refractivity contribution is -0.140. The molecule has 0 spiro atoms. The predicted octanol–water partition coefficient (Wildman–Crippen LogP) is 3.90. The first-order valence-corrected chi connectivity index (χ1v) is 8.42. The molecule has 1 aliphatic carbocycles. The van der Waals surface area contributed by atoms with Crippen molar-refractivity contribution in [3.05, 3.63) is 69.9 Å². The van der Waals surface area contributed by atoms with E-state index in [0.29, 0.717) is 10.5 Å². The van der Waals surface area contributed by atoms with Crippen molar-refractivity contribution in [1.82, 2.24) is 0 Å². The predicted molar refractivity (Wildman–Crippen MR) is 90.3 cm³/mol. The van der Waals surface area contributed by atoms with Crippen LogP contribution in [0, 0.1) is 16.7 Å².